The number of hydrogen-bond acceptors (Lipinski definition) is 4. The lowest BCUT2D eigenvalue weighted by Gasteiger charge is -2.56. The zero-order valence-corrected chi connectivity index (χ0v) is 19.4. The third-order valence-electron chi connectivity index (χ3n) is 7.38. The first-order valence-electron chi connectivity index (χ1n) is 12.1. The van der Waals surface area contributed by atoms with Crippen molar-refractivity contribution in [3.8, 4) is 0 Å². The van der Waals surface area contributed by atoms with Crippen LogP contribution in [0.2, 0.25) is 0 Å². The van der Waals surface area contributed by atoms with Crippen molar-refractivity contribution in [2.45, 2.75) is 101 Å². The number of carbonyl (C=O) groups is 1. The van der Waals surface area contributed by atoms with Crippen molar-refractivity contribution in [1.29, 1.82) is 0 Å². The van der Waals surface area contributed by atoms with Gasteiger partial charge in [0.1, 0.15) is 5.82 Å². The highest BCUT2D eigenvalue weighted by Gasteiger charge is 2.51. The van der Waals surface area contributed by atoms with E-state index in [2.05, 4.69) is 33.6 Å². The summed E-state index contributed by atoms with van der Waals surface area (Å²) in [6.07, 6.45) is 16.9. The van der Waals surface area contributed by atoms with Crippen LogP contribution in [0.4, 0.5) is 0 Å². The fraction of sp³-hybridized carbons (Fsp3) is 0.792. The summed E-state index contributed by atoms with van der Waals surface area (Å²) in [6.45, 7) is 6.84. The van der Waals surface area contributed by atoms with Gasteiger partial charge in [-0.05, 0) is 62.7 Å². The van der Waals surface area contributed by atoms with Crippen LogP contribution in [-0.2, 0) is 17.8 Å². The molecule has 0 aromatic carbocycles. The molecule has 1 aromatic heterocycles. The molecule has 30 heavy (non-hydrogen) atoms. The molecule has 1 aromatic rings. The largest absolute Gasteiger partial charge is 0.350 e. The quantitative estimate of drug-likeness (QED) is 0.283. The summed E-state index contributed by atoms with van der Waals surface area (Å²) in [5.74, 6) is 4.15. The number of allylic oxidation sites excluding steroid dienone is 1. The highest BCUT2D eigenvalue weighted by Crippen LogP contribution is 2.55. The van der Waals surface area contributed by atoms with Crippen molar-refractivity contribution in [1.82, 2.24) is 20.1 Å². The van der Waals surface area contributed by atoms with E-state index < -0.39 is 0 Å². The zero-order valence-electron chi connectivity index (χ0n) is 18.6. The second kappa shape index (κ2) is 9.88. The lowest BCUT2D eigenvalue weighted by molar-refractivity contribution is -0.124. The SMILES string of the molecule is C=CCn1c(CCCCCCC)nnc1SCC(=O)NC12CC3CC(CC(C3)C1)C2. The highest BCUT2D eigenvalue weighted by molar-refractivity contribution is 7.99. The van der Waals surface area contributed by atoms with Crippen molar-refractivity contribution in [3.05, 3.63) is 18.5 Å². The van der Waals surface area contributed by atoms with E-state index >= 15 is 0 Å². The maximum Gasteiger partial charge on any atom is 0.230 e. The van der Waals surface area contributed by atoms with Crippen LogP contribution in [0, 0.1) is 17.8 Å². The van der Waals surface area contributed by atoms with Crippen LogP contribution in [-0.4, -0.2) is 32.0 Å². The van der Waals surface area contributed by atoms with Crippen LogP contribution in [0.25, 0.3) is 0 Å². The summed E-state index contributed by atoms with van der Waals surface area (Å²) in [4.78, 5) is 12.8. The van der Waals surface area contributed by atoms with Gasteiger partial charge >= 0.3 is 0 Å². The smallest absolute Gasteiger partial charge is 0.230 e. The molecule has 1 heterocycles. The van der Waals surface area contributed by atoms with Gasteiger partial charge in [0, 0.05) is 18.5 Å². The van der Waals surface area contributed by atoms with Crippen molar-refractivity contribution in [2.75, 3.05) is 5.75 Å². The summed E-state index contributed by atoms with van der Waals surface area (Å²) in [5.41, 5.74) is 0.0881. The normalized spacial score (nSPS) is 29.3. The minimum atomic E-state index is 0.0881. The monoisotopic (exact) mass is 430 g/mol. The number of aryl methyl sites for hydroxylation is 1. The molecule has 166 valence electrons. The van der Waals surface area contributed by atoms with E-state index in [1.165, 1.54) is 76.0 Å². The van der Waals surface area contributed by atoms with Gasteiger partial charge in [0.05, 0.1) is 5.75 Å². The minimum absolute atomic E-state index is 0.0881. The van der Waals surface area contributed by atoms with Crippen molar-refractivity contribution >= 4 is 17.7 Å². The van der Waals surface area contributed by atoms with Gasteiger partial charge in [0.25, 0.3) is 0 Å². The van der Waals surface area contributed by atoms with E-state index in [9.17, 15) is 4.79 Å². The summed E-state index contributed by atoms with van der Waals surface area (Å²) >= 11 is 1.52. The maximum atomic E-state index is 12.8. The Hall–Kier alpha value is -1.30. The van der Waals surface area contributed by atoms with Gasteiger partial charge in [0.2, 0.25) is 5.91 Å². The van der Waals surface area contributed by atoms with Gasteiger partial charge in [-0.15, -0.1) is 16.8 Å². The Morgan fingerprint density at radius 1 is 1.13 bits per heavy atom. The van der Waals surface area contributed by atoms with Crippen LogP contribution in [0.3, 0.4) is 0 Å². The number of carbonyl (C=O) groups excluding carboxylic acids is 1. The molecule has 0 saturated heterocycles. The van der Waals surface area contributed by atoms with Crippen molar-refractivity contribution < 1.29 is 4.79 Å². The Bertz CT molecular complexity index is 708. The van der Waals surface area contributed by atoms with Gasteiger partial charge in [-0.3, -0.25) is 4.79 Å². The first kappa shape index (κ1) is 21.9. The molecule has 4 aliphatic carbocycles. The molecule has 0 radical (unpaired) electrons. The third-order valence-corrected chi connectivity index (χ3v) is 8.35. The van der Waals surface area contributed by atoms with Crippen molar-refractivity contribution in [3.63, 3.8) is 0 Å². The second-order valence-corrected chi connectivity index (χ2v) is 10.9. The standard InChI is InChI=1S/C24H38N4OS/c1-3-5-6-7-8-9-21-26-27-23(28(21)10-4-2)30-17-22(29)25-24-14-18-11-19(15-24)13-20(12-18)16-24/h4,18-20H,2-3,5-17H2,1H3,(H,25,29). The van der Waals surface area contributed by atoms with Crippen LogP contribution in [0.15, 0.2) is 17.8 Å². The lowest BCUT2D eigenvalue weighted by atomic mass is 9.53. The molecule has 5 nitrogen and oxygen atoms in total. The molecule has 5 rings (SSSR count). The number of amides is 1. The Morgan fingerprint density at radius 3 is 2.43 bits per heavy atom. The molecule has 1 N–H and O–H groups in total. The molecule has 0 spiro atoms. The molecule has 4 aliphatic rings. The average Bonchev–Trinajstić information content (AvgIpc) is 3.07. The number of nitrogens with zero attached hydrogens (tertiary/aromatic N) is 3. The number of unbranched alkanes of at least 4 members (excludes halogenated alkanes) is 4. The summed E-state index contributed by atoms with van der Waals surface area (Å²) in [6, 6.07) is 0. The van der Waals surface area contributed by atoms with E-state index in [0.717, 1.165) is 41.6 Å². The lowest BCUT2D eigenvalue weighted by Crippen LogP contribution is -2.60. The van der Waals surface area contributed by atoms with Crippen LogP contribution < -0.4 is 5.32 Å². The fourth-order valence-corrected chi connectivity index (χ4v) is 7.30. The van der Waals surface area contributed by atoms with E-state index in [1.807, 2.05) is 6.08 Å². The van der Waals surface area contributed by atoms with Crippen LogP contribution in [0.5, 0.6) is 0 Å². The first-order chi connectivity index (χ1) is 14.6. The van der Waals surface area contributed by atoms with Crippen LogP contribution >= 0.6 is 11.8 Å². The van der Waals surface area contributed by atoms with E-state index in [-0.39, 0.29) is 11.4 Å². The topological polar surface area (TPSA) is 59.8 Å². The van der Waals surface area contributed by atoms with E-state index in [4.69, 9.17) is 0 Å². The summed E-state index contributed by atoms with van der Waals surface area (Å²) < 4.78 is 2.13. The Kier molecular flexibility index (Phi) is 7.22. The zero-order chi connectivity index (χ0) is 21.0. The third kappa shape index (κ3) is 5.12. The molecule has 0 atom stereocenters. The molecule has 0 aliphatic heterocycles. The van der Waals surface area contributed by atoms with Crippen LogP contribution in [0.1, 0.15) is 83.4 Å². The molecular formula is C24H38N4OS. The molecule has 0 unspecified atom stereocenters. The average molecular weight is 431 g/mol. The number of hydrogen-bond donors (Lipinski definition) is 1. The molecular weight excluding hydrogens is 392 g/mol. The number of nitrogens with one attached hydrogen (secondary N) is 1. The van der Waals surface area contributed by atoms with Gasteiger partial charge < -0.3 is 9.88 Å². The Morgan fingerprint density at radius 2 is 1.80 bits per heavy atom. The number of thioether (sulfide) groups is 1. The molecule has 4 saturated carbocycles. The first-order valence-corrected chi connectivity index (χ1v) is 13.1. The van der Waals surface area contributed by atoms with Gasteiger partial charge in [0.15, 0.2) is 5.16 Å². The molecule has 1 amide bonds. The molecule has 4 fully saturated rings. The van der Waals surface area contributed by atoms with Crippen molar-refractivity contribution in [2.24, 2.45) is 17.8 Å². The predicted octanol–water partition coefficient (Wildman–Crippen LogP) is 5.15. The van der Waals surface area contributed by atoms with Gasteiger partial charge in [-0.1, -0.05) is 50.4 Å². The maximum absolute atomic E-state index is 12.8. The molecule has 6 heteroatoms. The van der Waals surface area contributed by atoms with E-state index in [1.54, 1.807) is 0 Å². The second-order valence-electron chi connectivity index (χ2n) is 10.00. The predicted molar refractivity (Wildman–Crippen MR) is 122 cm³/mol. The minimum Gasteiger partial charge on any atom is -0.350 e. The fourth-order valence-electron chi connectivity index (χ4n) is 6.54. The highest BCUT2D eigenvalue weighted by atomic mass is 32.2. The number of aromatic nitrogens is 3. The van der Waals surface area contributed by atoms with E-state index in [0.29, 0.717) is 12.3 Å². The van der Waals surface area contributed by atoms with Gasteiger partial charge in [-0.25, -0.2) is 0 Å². The number of rotatable bonds is 12. The summed E-state index contributed by atoms with van der Waals surface area (Å²) in [5, 5.41) is 13.1. The summed E-state index contributed by atoms with van der Waals surface area (Å²) in [7, 11) is 0. The van der Waals surface area contributed by atoms with Gasteiger partial charge in [-0.2, -0.15) is 0 Å². The Balaban J connectivity index is 1.29. The molecule has 4 bridgehead atoms. The Labute approximate surface area is 185 Å².